The Hall–Kier alpha value is -0.120. The van der Waals surface area contributed by atoms with E-state index in [2.05, 4.69) is 29.1 Å². The molecule has 0 amide bonds. The molecule has 2 fully saturated rings. The van der Waals surface area contributed by atoms with E-state index in [1.807, 2.05) is 0 Å². The van der Waals surface area contributed by atoms with E-state index < -0.39 is 0 Å². The second-order valence-corrected chi connectivity index (χ2v) is 4.35. The summed E-state index contributed by atoms with van der Waals surface area (Å²) in [5, 5.41) is 3.47. The van der Waals surface area contributed by atoms with E-state index in [0.717, 1.165) is 12.1 Å². The number of piperazine rings is 2. The fourth-order valence-electron chi connectivity index (χ4n) is 2.56. The molecule has 2 heterocycles. The first kappa shape index (κ1) is 9.44. The lowest BCUT2D eigenvalue weighted by atomic mass is 10.0. The summed E-state index contributed by atoms with van der Waals surface area (Å²) in [6, 6.07) is 1.55. The highest BCUT2D eigenvalue weighted by molar-refractivity contribution is 4.90. The van der Waals surface area contributed by atoms with Gasteiger partial charge < -0.3 is 10.2 Å². The molecular weight excluding hydrogens is 162 g/mol. The zero-order chi connectivity index (χ0) is 9.26. The summed E-state index contributed by atoms with van der Waals surface area (Å²) < 4.78 is 0. The molecule has 0 bridgehead atoms. The topological polar surface area (TPSA) is 18.5 Å². The lowest BCUT2D eigenvalue weighted by Crippen LogP contribution is -2.63. The van der Waals surface area contributed by atoms with Crippen LogP contribution in [0.2, 0.25) is 0 Å². The van der Waals surface area contributed by atoms with Crippen molar-refractivity contribution in [2.45, 2.75) is 25.4 Å². The van der Waals surface area contributed by atoms with Gasteiger partial charge in [-0.1, -0.05) is 6.92 Å². The summed E-state index contributed by atoms with van der Waals surface area (Å²) in [5.74, 6) is 0. The summed E-state index contributed by atoms with van der Waals surface area (Å²) in [5.41, 5.74) is 0. The minimum atomic E-state index is 0.765. The highest BCUT2D eigenvalue weighted by Crippen LogP contribution is 2.16. The van der Waals surface area contributed by atoms with Crippen LogP contribution in [0.25, 0.3) is 0 Å². The summed E-state index contributed by atoms with van der Waals surface area (Å²) >= 11 is 0. The first-order valence-electron chi connectivity index (χ1n) is 5.46. The number of hydrogen-bond acceptors (Lipinski definition) is 3. The fourth-order valence-corrected chi connectivity index (χ4v) is 2.56. The Kier molecular flexibility index (Phi) is 2.86. The van der Waals surface area contributed by atoms with E-state index in [4.69, 9.17) is 0 Å². The van der Waals surface area contributed by atoms with Gasteiger partial charge in [-0.05, 0) is 13.5 Å². The van der Waals surface area contributed by atoms with Gasteiger partial charge in [0.15, 0.2) is 0 Å². The molecule has 2 rings (SSSR count). The van der Waals surface area contributed by atoms with Gasteiger partial charge in [0.1, 0.15) is 0 Å². The maximum atomic E-state index is 3.47. The van der Waals surface area contributed by atoms with Crippen LogP contribution in [0.5, 0.6) is 0 Å². The number of rotatable bonds is 1. The van der Waals surface area contributed by atoms with E-state index in [0.29, 0.717) is 0 Å². The molecule has 2 atom stereocenters. The summed E-state index contributed by atoms with van der Waals surface area (Å²) in [7, 11) is 2.26. The normalized spacial score (nSPS) is 37.4. The molecule has 0 aromatic heterocycles. The van der Waals surface area contributed by atoms with Crippen LogP contribution in [0, 0.1) is 0 Å². The van der Waals surface area contributed by atoms with Crippen molar-refractivity contribution < 1.29 is 0 Å². The molecule has 3 nitrogen and oxygen atoms in total. The van der Waals surface area contributed by atoms with Crippen molar-refractivity contribution in [1.29, 1.82) is 0 Å². The zero-order valence-corrected chi connectivity index (χ0v) is 8.79. The van der Waals surface area contributed by atoms with E-state index in [9.17, 15) is 0 Å². The second-order valence-electron chi connectivity index (χ2n) is 4.35. The van der Waals surface area contributed by atoms with Gasteiger partial charge >= 0.3 is 0 Å². The third kappa shape index (κ3) is 1.87. The Labute approximate surface area is 81.1 Å². The van der Waals surface area contributed by atoms with Crippen LogP contribution in [0.4, 0.5) is 0 Å². The van der Waals surface area contributed by atoms with Gasteiger partial charge in [-0.25, -0.2) is 0 Å². The molecule has 2 unspecified atom stereocenters. The molecule has 2 saturated heterocycles. The van der Waals surface area contributed by atoms with Crippen molar-refractivity contribution in [3.63, 3.8) is 0 Å². The Morgan fingerprint density at radius 1 is 1.38 bits per heavy atom. The average molecular weight is 183 g/mol. The van der Waals surface area contributed by atoms with Gasteiger partial charge in [0.25, 0.3) is 0 Å². The van der Waals surface area contributed by atoms with E-state index in [1.54, 1.807) is 0 Å². The van der Waals surface area contributed by atoms with Crippen LogP contribution in [0.15, 0.2) is 0 Å². The van der Waals surface area contributed by atoms with Crippen LogP contribution >= 0.6 is 0 Å². The highest BCUT2D eigenvalue weighted by Gasteiger charge is 2.31. The quantitative estimate of drug-likeness (QED) is 0.616. The number of fused-ring (bicyclic) bond motifs is 1. The van der Waals surface area contributed by atoms with Crippen molar-refractivity contribution in [3.8, 4) is 0 Å². The van der Waals surface area contributed by atoms with E-state index in [-0.39, 0.29) is 0 Å². The summed E-state index contributed by atoms with van der Waals surface area (Å²) in [4.78, 5) is 5.18. The van der Waals surface area contributed by atoms with Gasteiger partial charge in [0.05, 0.1) is 0 Å². The molecule has 2 aliphatic heterocycles. The third-order valence-electron chi connectivity index (χ3n) is 3.51. The number of hydrogen-bond donors (Lipinski definition) is 1. The zero-order valence-electron chi connectivity index (χ0n) is 8.79. The largest absolute Gasteiger partial charge is 0.314 e. The van der Waals surface area contributed by atoms with Gasteiger partial charge in [0.2, 0.25) is 0 Å². The van der Waals surface area contributed by atoms with Crippen LogP contribution in [0.3, 0.4) is 0 Å². The molecule has 0 aliphatic carbocycles. The Morgan fingerprint density at radius 2 is 2.23 bits per heavy atom. The predicted octanol–water partition coefficient (Wildman–Crippen LogP) is -0.0158. The predicted molar refractivity (Wildman–Crippen MR) is 54.9 cm³/mol. The highest BCUT2D eigenvalue weighted by atomic mass is 15.3. The SMILES string of the molecule is CCC1CN2CCNCC2CN1C. The fraction of sp³-hybridized carbons (Fsp3) is 1.00. The molecule has 2 aliphatic rings. The second kappa shape index (κ2) is 3.95. The van der Waals surface area contributed by atoms with Crippen molar-refractivity contribution in [3.05, 3.63) is 0 Å². The van der Waals surface area contributed by atoms with Crippen molar-refractivity contribution in [2.24, 2.45) is 0 Å². The van der Waals surface area contributed by atoms with Crippen molar-refractivity contribution in [2.75, 3.05) is 39.8 Å². The summed E-state index contributed by atoms with van der Waals surface area (Å²) in [6.07, 6.45) is 1.28. The maximum absolute atomic E-state index is 3.47. The van der Waals surface area contributed by atoms with Crippen LogP contribution in [-0.4, -0.2) is 61.7 Å². The van der Waals surface area contributed by atoms with Crippen LogP contribution < -0.4 is 5.32 Å². The molecular formula is C10H21N3. The number of likely N-dealkylation sites (N-methyl/N-ethyl adjacent to an activating group) is 1. The minimum Gasteiger partial charge on any atom is -0.314 e. The van der Waals surface area contributed by atoms with Crippen LogP contribution in [-0.2, 0) is 0 Å². The lowest BCUT2D eigenvalue weighted by Gasteiger charge is -2.47. The van der Waals surface area contributed by atoms with Crippen molar-refractivity contribution >= 4 is 0 Å². The minimum absolute atomic E-state index is 0.765. The Morgan fingerprint density at radius 3 is 3.00 bits per heavy atom. The first-order chi connectivity index (χ1) is 6.31. The Bertz CT molecular complexity index is 172. The van der Waals surface area contributed by atoms with Gasteiger partial charge in [-0.15, -0.1) is 0 Å². The molecule has 13 heavy (non-hydrogen) atoms. The molecule has 76 valence electrons. The standard InChI is InChI=1S/C10H21N3/c1-3-9-8-13-5-4-11-6-10(13)7-12(9)2/h9-11H,3-8H2,1-2H3. The maximum Gasteiger partial charge on any atom is 0.0349 e. The summed E-state index contributed by atoms with van der Waals surface area (Å²) in [6.45, 7) is 8.42. The molecule has 0 radical (unpaired) electrons. The molecule has 0 spiro atoms. The number of nitrogens with zero attached hydrogens (tertiary/aromatic N) is 2. The molecule has 0 aromatic rings. The molecule has 0 saturated carbocycles. The van der Waals surface area contributed by atoms with E-state index >= 15 is 0 Å². The van der Waals surface area contributed by atoms with Crippen LogP contribution in [0.1, 0.15) is 13.3 Å². The van der Waals surface area contributed by atoms with Gasteiger partial charge in [-0.3, -0.25) is 4.90 Å². The molecule has 1 N–H and O–H groups in total. The molecule has 0 aromatic carbocycles. The molecule has 3 heteroatoms. The number of nitrogens with one attached hydrogen (secondary N) is 1. The van der Waals surface area contributed by atoms with Gasteiger partial charge in [-0.2, -0.15) is 0 Å². The Balaban J connectivity index is 1.97. The smallest absolute Gasteiger partial charge is 0.0349 e. The van der Waals surface area contributed by atoms with E-state index in [1.165, 1.54) is 39.1 Å². The monoisotopic (exact) mass is 183 g/mol. The third-order valence-corrected chi connectivity index (χ3v) is 3.51. The lowest BCUT2D eigenvalue weighted by molar-refractivity contribution is 0.0294. The van der Waals surface area contributed by atoms with Gasteiger partial charge in [0, 0.05) is 44.8 Å². The first-order valence-corrected chi connectivity index (χ1v) is 5.46. The average Bonchev–Trinajstić information content (AvgIpc) is 2.17. The van der Waals surface area contributed by atoms with Crippen molar-refractivity contribution in [1.82, 2.24) is 15.1 Å².